The molecule has 0 bridgehead atoms. The van der Waals surface area contributed by atoms with E-state index >= 15 is 0 Å². The zero-order valence-corrected chi connectivity index (χ0v) is 17.2. The number of rotatable bonds is 6. The highest BCUT2D eigenvalue weighted by molar-refractivity contribution is 6.02. The molecular weight excluding hydrogens is 384 g/mol. The molecule has 1 aliphatic heterocycles. The van der Waals surface area contributed by atoms with Crippen molar-refractivity contribution in [1.29, 1.82) is 0 Å². The van der Waals surface area contributed by atoms with Crippen molar-refractivity contribution in [3.8, 4) is 5.75 Å². The Morgan fingerprint density at radius 2 is 1.73 bits per heavy atom. The van der Waals surface area contributed by atoms with Crippen LogP contribution in [0, 0.1) is 0 Å². The van der Waals surface area contributed by atoms with Crippen LogP contribution in [0.25, 0.3) is 0 Å². The van der Waals surface area contributed by atoms with E-state index in [2.05, 4.69) is 5.32 Å². The molecule has 2 aromatic carbocycles. The van der Waals surface area contributed by atoms with E-state index in [1.807, 2.05) is 30.3 Å². The zero-order chi connectivity index (χ0) is 21.7. The van der Waals surface area contributed by atoms with Gasteiger partial charge in [-0.15, -0.1) is 0 Å². The summed E-state index contributed by atoms with van der Waals surface area (Å²) in [6.07, 6.45) is 0.0239. The fraction of sp³-hybridized carbons (Fsp3) is 0.261. The Balaban J connectivity index is 2.06. The van der Waals surface area contributed by atoms with Crippen molar-refractivity contribution in [2.75, 3.05) is 13.7 Å². The van der Waals surface area contributed by atoms with Gasteiger partial charge in [-0.1, -0.05) is 42.5 Å². The minimum Gasteiger partial charge on any atom is -0.497 e. The Hall–Kier alpha value is -3.61. The van der Waals surface area contributed by atoms with Crippen LogP contribution in [0.3, 0.4) is 0 Å². The second-order valence-electron chi connectivity index (χ2n) is 6.79. The van der Waals surface area contributed by atoms with Gasteiger partial charge in [0.2, 0.25) is 5.91 Å². The Kier molecular flexibility index (Phi) is 6.51. The topological polar surface area (TPSA) is 84.9 Å². The lowest BCUT2D eigenvalue weighted by Crippen LogP contribution is -2.51. The van der Waals surface area contributed by atoms with Crippen molar-refractivity contribution in [2.45, 2.75) is 26.3 Å². The van der Waals surface area contributed by atoms with E-state index in [1.54, 1.807) is 45.2 Å². The summed E-state index contributed by atoms with van der Waals surface area (Å²) >= 11 is 0. The fourth-order valence-electron chi connectivity index (χ4n) is 3.43. The third kappa shape index (κ3) is 4.35. The summed E-state index contributed by atoms with van der Waals surface area (Å²) in [6, 6.07) is 14.6. The summed E-state index contributed by atoms with van der Waals surface area (Å²) in [7, 11) is 1.55. The molecule has 0 aliphatic carbocycles. The summed E-state index contributed by atoms with van der Waals surface area (Å²) in [4.78, 5) is 39.9. The standard InChI is InChI=1S/C23H24N2O5/c1-4-30-22(27)20-15(2)24-23(28)25(19(26)14-16-8-6-5-7-9-16)21(20)17-10-12-18(29-3)13-11-17/h5-13,21H,4,14H2,1-3H3,(H,24,28). The highest BCUT2D eigenvalue weighted by Crippen LogP contribution is 2.35. The van der Waals surface area contributed by atoms with Gasteiger partial charge in [0.25, 0.3) is 0 Å². The van der Waals surface area contributed by atoms with E-state index in [4.69, 9.17) is 9.47 Å². The molecule has 3 rings (SSSR count). The Bertz CT molecular complexity index is 967. The number of nitrogens with one attached hydrogen (secondary N) is 1. The molecule has 30 heavy (non-hydrogen) atoms. The molecule has 156 valence electrons. The lowest BCUT2D eigenvalue weighted by atomic mass is 9.93. The second kappa shape index (κ2) is 9.26. The third-order valence-electron chi connectivity index (χ3n) is 4.84. The number of imide groups is 1. The average Bonchev–Trinajstić information content (AvgIpc) is 2.74. The van der Waals surface area contributed by atoms with E-state index in [0.717, 1.165) is 10.5 Å². The molecule has 1 aliphatic rings. The number of hydrogen-bond acceptors (Lipinski definition) is 5. The minimum atomic E-state index is -0.903. The number of carbonyl (C=O) groups is 3. The fourth-order valence-corrected chi connectivity index (χ4v) is 3.43. The van der Waals surface area contributed by atoms with Crippen LogP contribution >= 0.6 is 0 Å². The highest BCUT2D eigenvalue weighted by Gasteiger charge is 2.41. The van der Waals surface area contributed by atoms with Gasteiger partial charge < -0.3 is 14.8 Å². The maximum atomic E-state index is 13.2. The van der Waals surface area contributed by atoms with E-state index in [1.165, 1.54) is 0 Å². The quantitative estimate of drug-likeness (QED) is 0.741. The maximum absolute atomic E-state index is 13.2. The molecule has 1 unspecified atom stereocenters. The number of carbonyl (C=O) groups excluding carboxylic acids is 3. The summed E-state index contributed by atoms with van der Waals surface area (Å²) in [5.41, 5.74) is 1.97. The van der Waals surface area contributed by atoms with E-state index in [0.29, 0.717) is 17.0 Å². The molecular formula is C23H24N2O5. The van der Waals surface area contributed by atoms with Gasteiger partial charge in [0, 0.05) is 5.70 Å². The predicted molar refractivity (Wildman–Crippen MR) is 111 cm³/mol. The van der Waals surface area contributed by atoms with E-state index < -0.39 is 23.9 Å². The van der Waals surface area contributed by atoms with Crippen LogP contribution < -0.4 is 10.1 Å². The molecule has 1 heterocycles. The van der Waals surface area contributed by atoms with Crippen molar-refractivity contribution in [3.05, 3.63) is 77.0 Å². The molecule has 2 aromatic rings. The number of esters is 1. The third-order valence-corrected chi connectivity index (χ3v) is 4.84. The second-order valence-corrected chi connectivity index (χ2v) is 6.79. The van der Waals surface area contributed by atoms with Crippen LogP contribution in [-0.2, 0) is 20.7 Å². The van der Waals surface area contributed by atoms with Crippen LogP contribution in [0.5, 0.6) is 5.75 Å². The molecule has 0 radical (unpaired) electrons. The Labute approximate surface area is 175 Å². The van der Waals surface area contributed by atoms with Gasteiger partial charge in [-0.2, -0.15) is 0 Å². The van der Waals surface area contributed by atoms with Gasteiger partial charge in [0.1, 0.15) is 11.8 Å². The largest absolute Gasteiger partial charge is 0.497 e. The first-order valence-corrected chi connectivity index (χ1v) is 9.65. The van der Waals surface area contributed by atoms with Crippen molar-refractivity contribution in [3.63, 3.8) is 0 Å². The normalized spacial score (nSPS) is 16.2. The summed E-state index contributed by atoms with van der Waals surface area (Å²) in [5, 5.41) is 2.63. The van der Waals surface area contributed by atoms with Gasteiger partial charge in [0.05, 0.1) is 25.7 Å². The number of hydrogen-bond donors (Lipinski definition) is 1. The van der Waals surface area contributed by atoms with Gasteiger partial charge in [-0.3, -0.25) is 9.69 Å². The van der Waals surface area contributed by atoms with Crippen LogP contribution in [0.4, 0.5) is 4.79 Å². The van der Waals surface area contributed by atoms with E-state index in [-0.39, 0.29) is 18.6 Å². The van der Waals surface area contributed by atoms with Gasteiger partial charge in [-0.05, 0) is 37.1 Å². The van der Waals surface area contributed by atoms with Crippen LogP contribution in [0.1, 0.15) is 31.0 Å². The van der Waals surface area contributed by atoms with Gasteiger partial charge >= 0.3 is 12.0 Å². The molecule has 1 atom stereocenters. The molecule has 0 saturated heterocycles. The minimum absolute atomic E-state index is 0.0239. The molecule has 7 heteroatoms. The van der Waals surface area contributed by atoms with Crippen molar-refractivity contribution >= 4 is 17.9 Å². The summed E-state index contributed by atoms with van der Waals surface area (Å²) < 4.78 is 10.4. The molecule has 0 spiro atoms. The first-order chi connectivity index (χ1) is 14.5. The van der Waals surface area contributed by atoms with Gasteiger partial charge in [0.15, 0.2) is 0 Å². The predicted octanol–water partition coefficient (Wildman–Crippen LogP) is 3.37. The Morgan fingerprint density at radius 3 is 2.33 bits per heavy atom. The number of nitrogens with zero attached hydrogens (tertiary/aromatic N) is 1. The van der Waals surface area contributed by atoms with Crippen molar-refractivity contribution in [1.82, 2.24) is 10.2 Å². The maximum Gasteiger partial charge on any atom is 0.338 e. The number of methoxy groups -OCH3 is 1. The number of benzene rings is 2. The molecule has 0 aromatic heterocycles. The first kappa shape index (κ1) is 21.1. The van der Waals surface area contributed by atoms with Crippen LogP contribution in [0.15, 0.2) is 65.9 Å². The lowest BCUT2D eigenvalue weighted by molar-refractivity contribution is -0.140. The van der Waals surface area contributed by atoms with Crippen LogP contribution in [-0.4, -0.2) is 36.5 Å². The molecule has 3 amide bonds. The monoisotopic (exact) mass is 408 g/mol. The zero-order valence-electron chi connectivity index (χ0n) is 17.2. The number of amides is 3. The van der Waals surface area contributed by atoms with Crippen molar-refractivity contribution in [2.24, 2.45) is 0 Å². The molecule has 0 fully saturated rings. The summed E-state index contributed by atoms with van der Waals surface area (Å²) in [5.74, 6) is -0.373. The Morgan fingerprint density at radius 1 is 1.07 bits per heavy atom. The van der Waals surface area contributed by atoms with Gasteiger partial charge in [-0.25, -0.2) is 9.59 Å². The average molecular weight is 408 g/mol. The first-order valence-electron chi connectivity index (χ1n) is 9.65. The number of allylic oxidation sites excluding steroid dienone is 1. The lowest BCUT2D eigenvalue weighted by Gasteiger charge is -2.36. The molecule has 1 N–H and O–H groups in total. The highest BCUT2D eigenvalue weighted by atomic mass is 16.5. The van der Waals surface area contributed by atoms with E-state index in [9.17, 15) is 14.4 Å². The number of urea groups is 1. The van der Waals surface area contributed by atoms with Crippen LogP contribution in [0.2, 0.25) is 0 Å². The smallest absolute Gasteiger partial charge is 0.338 e. The summed E-state index contributed by atoms with van der Waals surface area (Å²) in [6.45, 7) is 3.51. The molecule has 7 nitrogen and oxygen atoms in total. The van der Waals surface area contributed by atoms with Crippen molar-refractivity contribution < 1.29 is 23.9 Å². The SMILES string of the molecule is CCOC(=O)C1=C(C)NC(=O)N(C(=O)Cc2ccccc2)C1c1ccc(OC)cc1. The molecule has 0 saturated carbocycles. The number of ether oxygens (including phenoxy) is 2.